The fraction of sp³-hybridized carbons (Fsp3) is 0.417. The number of fused-ring (bicyclic) bond motifs is 2. The molecule has 2 N–H and O–H groups in total. The van der Waals surface area contributed by atoms with E-state index in [4.69, 9.17) is 9.72 Å². The summed E-state index contributed by atoms with van der Waals surface area (Å²) in [6.45, 7) is 9.26. The Morgan fingerprint density at radius 3 is 2.80 bits per heavy atom. The van der Waals surface area contributed by atoms with Crippen LogP contribution in [0.4, 0.5) is 4.39 Å². The molecule has 0 aliphatic heterocycles. The number of nitrogens with zero attached hydrogens (tertiary/aromatic N) is 5. The van der Waals surface area contributed by atoms with E-state index < -0.39 is 14.1 Å². The number of hydrogen-bond acceptors (Lipinski definition) is 6. The predicted molar refractivity (Wildman–Crippen MR) is 135 cm³/mol. The molecule has 1 aromatic carbocycles. The lowest BCUT2D eigenvalue weighted by molar-refractivity contribution is 0.0886. The van der Waals surface area contributed by atoms with Crippen LogP contribution in [-0.2, 0) is 18.5 Å². The number of benzene rings is 1. The number of carbonyl (C=O) groups excluding carboxylic acids is 1. The minimum atomic E-state index is -1.24. The second kappa shape index (κ2) is 9.84. The van der Waals surface area contributed by atoms with E-state index >= 15 is 0 Å². The number of aliphatic hydroxyl groups is 1. The van der Waals surface area contributed by atoms with Crippen LogP contribution in [0.1, 0.15) is 17.3 Å². The molecular formula is C24H31FN6O3Si. The van der Waals surface area contributed by atoms with Crippen LogP contribution in [0.15, 0.2) is 30.6 Å². The first-order valence-electron chi connectivity index (χ1n) is 11.6. The molecule has 0 unspecified atom stereocenters. The van der Waals surface area contributed by atoms with Crippen LogP contribution < -0.4 is 5.32 Å². The van der Waals surface area contributed by atoms with Crippen LogP contribution in [0.3, 0.4) is 0 Å². The molecule has 0 fully saturated rings. The Morgan fingerprint density at radius 1 is 1.31 bits per heavy atom. The van der Waals surface area contributed by atoms with Crippen LogP contribution >= 0.6 is 0 Å². The number of ether oxygens (including phenoxy) is 1. The molecule has 0 saturated carbocycles. The molecule has 0 aliphatic carbocycles. The van der Waals surface area contributed by atoms with Crippen molar-refractivity contribution in [1.82, 2.24) is 29.6 Å². The molecule has 1 atom stereocenters. The molecule has 0 bridgehead atoms. The Hall–Kier alpha value is -3.15. The zero-order valence-electron chi connectivity index (χ0n) is 20.7. The molecule has 0 saturated heterocycles. The van der Waals surface area contributed by atoms with Gasteiger partial charge in [0.05, 0.1) is 23.9 Å². The number of amides is 1. The lowest BCUT2D eigenvalue weighted by Crippen LogP contribution is -2.34. The Labute approximate surface area is 203 Å². The zero-order valence-corrected chi connectivity index (χ0v) is 21.7. The molecule has 9 nitrogen and oxygen atoms in total. The second-order valence-electron chi connectivity index (χ2n) is 9.98. The summed E-state index contributed by atoms with van der Waals surface area (Å²) in [6.07, 6.45) is 3.28. The molecule has 11 heteroatoms. The van der Waals surface area contributed by atoms with Crippen molar-refractivity contribution in [2.45, 2.75) is 45.4 Å². The van der Waals surface area contributed by atoms with E-state index in [1.807, 2.05) is 0 Å². The van der Waals surface area contributed by atoms with Gasteiger partial charge >= 0.3 is 0 Å². The highest BCUT2D eigenvalue weighted by molar-refractivity contribution is 6.76. The highest BCUT2D eigenvalue weighted by atomic mass is 28.3. The smallest absolute Gasteiger partial charge is 0.255 e. The zero-order chi connectivity index (χ0) is 25.3. The Morgan fingerprint density at radius 2 is 2.09 bits per heavy atom. The summed E-state index contributed by atoms with van der Waals surface area (Å²) in [5.41, 5.74) is 2.89. The predicted octanol–water partition coefficient (Wildman–Crippen LogP) is 3.55. The fourth-order valence-corrected chi connectivity index (χ4v) is 4.50. The van der Waals surface area contributed by atoms with Crippen LogP contribution in [0.25, 0.3) is 33.5 Å². The molecule has 0 aliphatic rings. The number of nitrogens with one attached hydrogen (secondary N) is 1. The van der Waals surface area contributed by atoms with E-state index in [9.17, 15) is 14.3 Å². The molecular weight excluding hydrogens is 467 g/mol. The number of rotatable bonds is 9. The maximum Gasteiger partial charge on any atom is 0.255 e. The van der Waals surface area contributed by atoms with Gasteiger partial charge < -0.3 is 19.7 Å². The molecule has 186 valence electrons. The van der Waals surface area contributed by atoms with Gasteiger partial charge in [-0.3, -0.25) is 9.48 Å². The Balaban J connectivity index is 1.75. The fourth-order valence-electron chi connectivity index (χ4n) is 3.74. The maximum absolute atomic E-state index is 13.8. The van der Waals surface area contributed by atoms with Crippen molar-refractivity contribution in [3.63, 3.8) is 0 Å². The molecule has 0 spiro atoms. The van der Waals surface area contributed by atoms with E-state index in [1.54, 1.807) is 41.7 Å². The summed E-state index contributed by atoms with van der Waals surface area (Å²) in [7, 11) is 0.501. The second-order valence-corrected chi connectivity index (χ2v) is 15.6. The summed E-state index contributed by atoms with van der Waals surface area (Å²) in [6, 6.07) is 5.06. The summed E-state index contributed by atoms with van der Waals surface area (Å²) >= 11 is 0. The quantitative estimate of drug-likeness (QED) is 0.270. The number of hydrogen-bond donors (Lipinski definition) is 2. The SMILES string of the molecule is C[C@@H](CO)NC(=O)c1cn(COCC[Si](C)(C)C)c2ncc(-c3nn(C)c4cc(F)ccc34)nc12. The molecule has 0 radical (unpaired) electrons. The van der Waals surface area contributed by atoms with Gasteiger partial charge in [-0.2, -0.15) is 5.10 Å². The maximum atomic E-state index is 13.8. The van der Waals surface area contributed by atoms with Gasteiger partial charge in [0.2, 0.25) is 0 Å². The molecule has 35 heavy (non-hydrogen) atoms. The molecule has 4 rings (SSSR count). The minimum Gasteiger partial charge on any atom is -0.394 e. The van der Waals surface area contributed by atoms with Crippen molar-refractivity contribution < 1.29 is 19.0 Å². The average Bonchev–Trinajstić information content (AvgIpc) is 3.33. The monoisotopic (exact) mass is 498 g/mol. The third-order valence-electron chi connectivity index (χ3n) is 5.74. The summed E-state index contributed by atoms with van der Waals surface area (Å²) in [5, 5.41) is 17.4. The number of aromatic nitrogens is 5. The Bertz CT molecular complexity index is 1380. The van der Waals surface area contributed by atoms with Crippen LogP contribution in [0, 0.1) is 5.82 Å². The minimum absolute atomic E-state index is 0.183. The molecule has 1 amide bonds. The van der Waals surface area contributed by atoms with Gasteiger partial charge in [-0.25, -0.2) is 14.4 Å². The lowest BCUT2D eigenvalue weighted by Gasteiger charge is -2.15. The van der Waals surface area contributed by atoms with E-state index in [1.165, 1.54) is 12.1 Å². The summed E-state index contributed by atoms with van der Waals surface area (Å²) in [5.74, 6) is -0.714. The van der Waals surface area contributed by atoms with E-state index in [2.05, 4.69) is 35.0 Å². The number of aliphatic hydroxyl groups excluding tert-OH is 1. The number of carbonyl (C=O) groups is 1. The third-order valence-corrected chi connectivity index (χ3v) is 7.45. The largest absolute Gasteiger partial charge is 0.394 e. The lowest BCUT2D eigenvalue weighted by atomic mass is 10.1. The van der Waals surface area contributed by atoms with Crippen molar-refractivity contribution >= 4 is 36.0 Å². The summed E-state index contributed by atoms with van der Waals surface area (Å²) < 4.78 is 23.0. The van der Waals surface area contributed by atoms with E-state index in [-0.39, 0.29) is 25.1 Å². The highest BCUT2D eigenvalue weighted by Crippen LogP contribution is 2.29. The number of aryl methyl sites for hydroxylation is 1. The van der Waals surface area contributed by atoms with Crippen molar-refractivity contribution in [2.24, 2.45) is 7.05 Å². The Kier molecular flexibility index (Phi) is 7.02. The first kappa shape index (κ1) is 25.0. The third kappa shape index (κ3) is 5.42. The topological polar surface area (TPSA) is 107 Å². The van der Waals surface area contributed by atoms with Crippen LogP contribution in [0.5, 0.6) is 0 Å². The molecule has 3 aromatic heterocycles. The molecule has 4 aromatic rings. The van der Waals surface area contributed by atoms with Gasteiger partial charge in [-0.05, 0) is 31.2 Å². The molecule has 3 heterocycles. The van der Waals surface area contributed by atoms with E-state index in [0.717, 1.165) is 11.4 Å². The standard InChI is InChI=1S/C24H31FN6O3Si/c1-15(13-32)27-24(33)18-12-31(14-34-8-9-35(3,4)5)23-22(18)28-19(11-26-23)21-17-7-6-16(25)10-20(17)30(2)29-21/h6-7,10-12,15,32H,8-9,13-14H2,1-5H3,(H,27,33)/t15-/m0/s1. The first-order chi connectivity index (χ1) is 16.6. The normalized spacial score (nSPS) is 13.0. The van der Waals surface area contributed by atoms with Crippen LogP contribution in [0.2, 0.25) is 25.7 Å². The van der Waals surface area contributed by atoms with Gasteiger partial charge in [0, 0.05) is 39.4 Å². The van der Waals surface area contributed by atoms with Gasteiger partial charge in [0.25, 0.3) is 5.91 Å². The van der Waals surface area contributed by atoms with Crippen LogP contribution in [-0.4, -0.2) is 62.7 Å². The van der Waals surface area contributed by atoms with Gasteiger partial charge in [0.15, 0.2) is 5.65 Å². The summed E-state index contributed by atoms with van der Waals surface area (Å²) in [4.78, 5) is 22.4. The van der Waals surface area contributed by atoms with E-state index in [0.29, 0.717) is 40.2 Å². The van der Waals surface area contributed by atoms with Gasteiger partial charge in [0.1, 0.15) is 29.5 Å². The van der Waals surface area contributed by atoms with Crippen molar-refractivity contribution in [3.05, 3.63) is 42.0 Å². The highest BCUT2D eigenvalue weighted by Gasteiger charge is 2.22. The first-order valence-corrected chi connectivity index (χ1v) is 15.3. The number of halogens is 1. The van der Waals surface area contributed by atoms with Gasteiger partial charge in [-0.1, -0.05) is 19.6 Å². The average molecular weight is 499 g/mol. The van der Waals surface area contributed by atoms with Crippen molar-refractivity contribution in [3.8, 4) is 11.4 Å². The van der Waals surface area contributed by atoms with Crippen molar-refractivity contribution in [2.75, 3.05) is 13.2 Å². The van der Waals surface area contributed by atoms with Gasteiger partial charge in [-0.15, -0.1) is 0 Å². The van der Waals surface area contributed by atoms with Crippen molar-refractivity contribution in [1.29, 1.82) is 0 Å².